The molecule has 0 amide bonds. The topological polar surface area (TPSA) is 79.3 Å². The molecule has 8 heteroatoms. The van der Waals surface area contributed by atoms with E-state index in [9.17, 15) is 8.42 Å². The Labute approximate surface area is 113 Å². The Morgan fingerprint density at radius 1 is 1.39 bits per heavy atom. The van der Waals surface area contributed by atoms with Crippen molar-refractivity contribution in [3.05, 3.63) is 33.6 Å². The van der Waals surface area contributed by atoms with Crippen molar-refractivity contribution >= 4 is 32.7 Å². The fourth-order valence-electron chi connectivity index (χ4n) is 1.32. The molecule has 2 N–H and O–H groups in total. The number of hydrogen-bond acceptors (Lipinski definition) is 6. The van der Waals surface area contributed by atoms with Crippen molar-refractivity contribution < 1.29 is 13.5 Å². The van der Waals surface area contributed by atoms with Gasteiger partial charge >= 0.3 is 0 Å². The van der Waals surface area contributed by atoms with E-state index in [0.717, 1.165) is 17.0 Å². The third kappa shape index (κ3) is 3.36. The van der Waals surface area contributed by atoms with Gasteiger partial charge < -0.3 is 5.11 Å². The van der Waals surface area contributed by atoms with Gasteiger partial charge in [-0.25, -0.2) is 18.1 Å². The van der Waals surface area contributed by atoms with Crippen LogP contribution in [0.4, 0.5) is 0 Å². The zero-order valence-corrected chi connectivity index (χ0v) is 11.8. The van der Waals surface area contributed by atoms with E-state index in [0.29, 0.717) is 18.5 Å². The summed E-state index contributed by atoms with van der Waals surface area (Å²) in [4.78, 5) is 4.08. The maximum atomic E-state index is 11.9. The van der Waals surface area contributed by atoms with Crippen LogP contribution in [0.2, 0.25) is 0 Å². The van der Waals surface area contributed by atoms with Gasteiger partial charge in [-0.05, 0) is 17.0 Å². The van der Waals surface area contributed by atoms with Crippen LogP contribution in [0.15, 0.2) is 26.5 Å². The number of nitrogens with one attached hydrogen (secondary N) is 1. The van der Waals surface area contributed by atoms with Gasteiger partial charge in [0.15, 0.2) is 0 Å². The van der Waals surface area contributed by atoms with Crippen molar-refractivity contribution in [2.75, 3.05) is 6.54 Å². The first kappa shape index (κ1) is 13.6. The summed E-state index contributed by atoms with van der Waals surface area (Å²) in [6.45, 7) is 0.170. The first-order valence-electron chi connectivity index (χ1n) is 5.17. The lowest BCUT2D eigenvalue weighted by Gasteiger charge is -2.02. The van der Waals surface area contributed by atoms with Crippen LogP contribution in [0.5, 0.6) is 0 Å². The molecule has 0 spiro atoms. The van der Waals surface area contributed by atoms with Crippen molar-refractivity contribution in [2.24, 2.45) is 0 Å². The SMILES string of the molecule is O=S(=O)(NCCc1cscn1)c1cc(CO)cs1. The van der Waals surface area contributed by atoms with Crippen LogP contribution in [0, 0.1) is 0 Å². The second kappa shape index (κ2) is 5.89. The van der Waals surface area contributed by atoms with Gasteiger partial charge in [0.25, 0.3) is 0 Å². The van der Waals surface area contributed by atoms with Crippen molar-refractivity contribution in [2.45, 2.75) is 17.2 Å². The van der Waals surface area contributed by atoms with Gasteiger partial charge in [0.2, 0.25) is 10.0 Å². The van der Waals surface area contributed by atoms with Crippen molar-refractivity contribution in [3.8, 4) is 0 Å². The maximum absolute atomic E-state index is 11.9. The summed E-state index contributed by atoms with van der Waals surface area (Å²) in [6.07, 6.45) is 0.570. The largest absolute Gasteiger partial charge is 0.392 e. The summed E-state index contributed by atoms with van der Waals surface area (Å²) in [5, 5.41) is 12.4. The molecule has 0 aliphatic carbocycles. The second-order valence-corrected chi connectivity index (χ2v) is 7.18. The molecule has 0 aliphatic rings. The third-order valence-electron chi connectivity index (χ3n) is 2.23. The number of sulfonamides is 1. The first-order chi connectivity index (χ1) is 8.62. The van der Waals surface area contributed by atoms with Gasteiger partial charge in [-0.1, -0.05) is 0 Å². The second-order valence-electron chi connectivity index (χ2n) is 3.56. The van der Waals surface area contributed by atoms with E-state index in [2.05, 4.69) is 9.71 Å². The smallest absolute Gasteiger partial charge is 0.250 e. The molecular formula is C10H12N2O3S3. The molecule has 0 atom stereocenters. The van der Waals surface area contributed by atoms with E-state index in [1.807, 2.05) is 5.38 Å². The summed E-state index contributed by atoms with van der Waals surface area (Å²) in [6, 6.07) is 1.48. The highest BCUT2D eigenvalue weighted by Gasteiger charge is 2.16. The number of rotatable bonds is 6. The van der Waals surface area contributed by atoms with E-state index in [1.165, 1.54) is 17.4 Å². The van der Waals surface area contributed by atoms with Gasteiger partial charge in [0.05, 0.1) is 17.8 Å². The Kier molecular flexibility index (Phi) is 4.46. The van der Waals surface area contributed by atoms with Crippen molar-refractivity contribution in [1.29, 1.82) is 0 Å². The highest BCUT2D eigenvalue weighted by atomic mass is 32.2. The lowest BCUT2D eigenvalue weighted by Crippen LogP contribution is -2.25. The molecule has 0 saturated carbocycles. The molecule has 2 aromatic heterocycles. The lowest BCUT2D eigenvalue weighted by molar-refractivity contribution is 0.282. The number of thiazole rings is 1. The maximum Gasteiger partial charge on any atom is 0.250 e. The Morgan fingerprint density at radius 2 is 2.22 bits per heavy atom. The predicted molar refractivity (Wildman–Crippen MR) is 71.2 cm³/mol. The quantitative estimate of drug-likeness (QED) is 0.841. The monoisotopic (exact) mass is 304 g/mol. The molecule has 0 radical (unpaired) electrons. The minimum absolute atomic E-state index is 0.148. The fourth-order valence-corrected chi connectivity index (χ4v) is 4.19. The number of aliphatic hydroxyl groups is 1. The molecule has 2 rings (SSSR count). The minimum atomic E-state index is -3.47. The summed E-state index contributed by atoms with van der Waals surface area (Å²) in [5.74, 6) is 0. The number of thiophene rings is 1. The van der Waals surface area contributed by atoms with E-state index in [1.54, 1.807) is 10.9 Å². The minimum Gasteiger partial charge on any atom is -0.392 e. The average Bonchev–Trinajstić information content (AvgIpc) is 2.99. The molecule has 0 aromatic carbocycles. The zero-order valence-electron chi connectivity index (χ0n) is 9.37. The molecule has 5 nitrogen and oxygen atoms in total. The van der Waals surface area contributed by atoms with Crippen LogP contribution >= 0.6 is 22.7 Å². The van der Waals surface area contributed by atoms with E-state index >= 15 is 0 Å². The molecule has 2 heterocycles. The zero-order chi connectivity index (χ0) is 13.0. The lowest BCUT2D eigenvalue weighted by atomic mass is 10.3. The van der Waals surface area contributed by atoms with E-state index in [4.69, 9.17) is 5.11 Å². The van der Waals surface area contributed by atoms with Gasteiger partial charge in [-0.3, -0.25) is 0 Å². The van der Waals surface area contributed by atoms with E-state index in [-0.39, 0.29) is 10.8 Å². The Hall–Kier alpha value is -0.800. The van der Waals surface area contributed by atoms with Crippen LogP contribution < -0.4 is 4.72 Å². The number of hydrogen-bond donors (Lipinski definition) is 2. The summed E-state index contributed by atoms with van der Waals surface area (Å²) in [5.41, 5.74) is 3.21. The first-order valence-corrected chi connectivity index (χ1v) is 8.47. The van der Waals surface area contributed by atoms with Gasteiger partial charge in [-0.15, -0.1) is 22.7 Å². The summed E-state index contributed by atoms with van der Waals surface area (Å²) in [7, 11) is -3.47. The van der Waals surface area contributed by atoms with Crippen molar-refractivity contribution in [1.82, 2.24) is 9.71 Å². The molecule has 98 valence electrons. The molecule has 0 fully saturated rings. The Balaban J connectivity index is 1.95. The highest BCUT2D eigenvalue weighted by Crippen LogP contribution is 2.19. The molecule has 0 saturated heterocycles. The van der Waals surface area contributed by atoms with Crippen LogP contribution in [0.1, 0.15) is 11.3 Å². The third-order valence-corrected chi connectivity index (χ3v) is 5.82. The van der Waals surface area contributed by atoms with Crippen LogP contribution in [-0.4, -0.2) is 25.1 Å². The standard InChI is InChI=1S/C10H12N2O3S3/c13-4-8-3-10(17-5-8)18(14,15)12-2-1-9-6-16-7-11-9/h3,5-7,12-13H,1-2,4H2. The van der Waals surface area contributed by atoms with Gasteiger partial charge in [0, 0.05) is 18.3 Å². The average molecular weight is 304 g/mol. The molecule has 2 aromatic rings. The molecule has 0 unspecified atom stereocenters. The Morgan fingerprint density at radius 3 is 2.83 bits per heavy atom. The normalized spacial score (nSPS) is 11.8. The summed E-state index contributed by atoms with van der Waals surface area (Å²) >= 11 is 2.59. The van der Waals surface area contributed by atoms with Crippen LogP contribution in [0.3, 0.4) is 0 Å². The van der Waals surface area contributed by atoms with Crippen LogP contribution in [0.25, 0.3) is 0 Å². The molecular weight excluding hydrogens is 292 g/mol. The Bertz CT molecular complexity index is 590. The molecule has 0 bridgehead atoms. The fraction of sp³-hybridized carbons (Fsp3) is 0.300. The van der Waals surface area contributed by atoms with Crippen LogP contribution in [-0.2, 0) is 23.1 Å². The predicted octanol–water partition coefficient (Wildman–Crippen LogP) is 1.22. The number of nitrogens with zero attached hydrogens (tertiary/aromatic N) is 1. The molecule has 18 heavy (non-hydrogen) atoms. The summed E-state index contributed by atoms with van der Waals surface area (Å²) < 4.78 is 26.5. The number of aliphatic hydroxyl groups excluding tert-OH is 1. The van der Waals surface area contributed by atoms with Crippen molar-refractivity contribution in [3.63, 3.8) is 0 Å². The van der Waals surface area contributed by atoms with Gasteiger partial charge in [0.1, 0.15) is 4.21 Å². The molecule has 0 aliphatic heterocycles. The van der Waals surface area contributed by atoms with Gasteiger partial charge in [-0.2, -0.15) is 0 Å². The van der Waals surface area contributed by atoms with E-state index < -0.39 is 10.0 Å². The highest BCUT2D eigenvalue weighted by molar-refractivity contribution is 7.91. The number of aromatic nitrogens is 1.